The molecule has 4 rings (SSSR count). The van der Waals surface area contributed by atoms with Crippen molar-refractivity contribution in [3.05, 3.63) is 88.4 Å². The zero-order valence-electron chi connectivity index (χ0n) is 19.3. The summed E-state index contributed by atoms with van der Waals surface area (Å²) in [5.41, 5.74) is 3.12. The van der Waals surface area contributed by atoms with E-state index in [0.29, 0.717) is 37.4 Å². The zero-order chi connectivity index (χ0) is 25.0. The van der Waals surface area contributed by atoms with Crippen LogP contribution in [0, 0.1) is 6.92 Å². The van der Waals surface area contributed by atoms with Crippen LogP contribution in [-0.4, -0.2) is 57.1 Å². The van der Waals surface area contributed by atoms with E-state index in [9.17, 15) is 18.0 Å². The highest BCUT2D eigenvalue weighted by atomic mass is 79.9. The lowest BCUT2D eigenvalue weighted by molar-refractivity contribution is -0.113. The van der Waals surface area contributed by atoms with Gasteiger partial charge in [0.15, 0.2) is 9.84 Å². The molecule has 0 spiro atoms. The summed E-state index contributed by atoms with van der Waals surface area (Å²) in [5, 5.41) is 2.66. The third kappa shape index (κ3) is 6.29. The van der Waals surface area contributed by atoms with E-state index in [1.807, 2.05) is 48.2 Å². The van der Waals surface area contributed by atoms with Crippen molar-refractivity contribution >= 4 is 49.0 Å². The van der Waals surface area contributed by atoms with Crippen molar-refractivity contribution in [2.45, 2.75) is 11.8 Å². The van der Waals surface area contributed by atoms with Gasteiger partial charge in [0.05, 0.1) is 4.90 Å². The van der Waals surface area contributed by atoms with Crippen molar-refractivity contribution < 1.29 is 18.0 Å². The minimum absolute atomic E-state index is 0.0181. The van der Waals surface area contributed by atoms with E-state index < -0.39 is 21.5 Å². The Balaban J connectivity index is 1.31. The number of nitrogens with one attached hydrogen (secondary N) is 1. The fraction of sp³-hybridized carbons (Fsp3) is 0.231. The Morgan fingerprint density at radius 1 is 0.914 bits per heavy atom. The molecule has 3 aromatic carbocycles. The number of amides is 2. The third-order valence-electron chi connectivity index (χ3n) is 5.86. The molecule has 1 aliphatic rings. The second-order valence-corrected chi connectivity index (χ2v) is 11.4. The molecule has 0 aromatic heterocycles. The highest BCUT2D eigenvalue weighted by Crippen LogP contribution is 2.21. The highest BCUT2D eigenvalue weighted by molar-refractivity contribution is 9.10. The van der Waals surface area contributed by atoms with E-state index >= 15 is 0 Å². The van der Waals surface area contributed by atoms with Crippen LogP contribution in [0.2, 0.25) is 0 Å². The molecule has 2 amide bonds. The number of carbonyl (C=O) groups is 2. The molecule has 35 heavy (non-hydrogen) atoms. The van der Waals surface area contributed by atoms with Crippen LogP contribution in [0.4, 0.5) is 11.4 Å². The van der Waals surface area contributed by atoms with Crippen molar-refractivity contribution in [2.24, 2.45) is 0 Å². The third-order valence-corrected chi connectivity index (χ3v) is 7.98. The first-order valence-corrected chi connectivity index (χ1v) is 13.6. The normalized spacial score (nSPS) is 14.0. The summed E-state index contributed by atoms with van der Waals surface area (Å²) in [5.74, 6) is -1.19. The molecule has 1 N–H and O–H groups in total. The number of rotatable bonds is 6. The number of benzene rings is 3. The largest absolute Gasteiger partial charge is 0.368 e. The molecule has 7 nitrogen and oxygen atoms in total. The van der Waals surface area contributed by atoms with Gasteiger partial charge in [-0.05, 0) is 61.5 Å². The second-order valence-electron chi connectivity index (χ2n) is 8.46. The Bertz CT molecular complexity index is 1320. The molecule has 0 saturated carbocycles. The zero-order valence-corrected chi connectivity index (χ0v) is 21.7. The Kier molecular flexibility index (Phi) is 7.57. The van der Waals surface area contributed by atoms with Crippen LogP contribution >= 0.6 is 15.9 Å². The molecular weight excluding hydrogens is 530 g/mol. The van der Waals surface area contributed by atoms with E-state index in [4.69, 9.17) is 0 Å². The van der Waals surface area contributed by atoms with Gasteiger partial charge in [0.1, 0.15) is 5.75 Å². The average molecular weight is 556 g/mol. The Morgan fingerprint density at radius 3 is 2.20 bits per heavy atom. The van der Waals surface area contributed by atoms with Gasteiger partial charge in [-0.1, -0.05) is 39.7 Å². The van der Waals surface area contributed by atoms with Crippen molar-refractivity contribution in [2.75, 3.05) is 42.1 Å². The van der Waals surface area contributed by atoms with Crippen molar-refractivity contribution in [3.8, 4) is 0 Å². The maximum atomic E-state index is 12.8. The first-order valence-electron chi connectivity index (χ1n) is 11.2. The maximum absolute atomic E-state index is 12.8. The number of anilines is 2. The number of carbonyl (C=O) groups excluding carboxylic acids is 2. The lowest BCUT2D eigenvalue weighted by Crippen LogP contribution is -2.48. The summed E-state index contributed by atoms with van der Waals surface area (Å²) in [6.45, 7) is 4.48. The number of nitrogens with zero attached hydrogens (tertiary/aromatic N) is 2. The number of sulfone groups is 1. The van der Waals surface area contributed by atoms with E-state index in [1.54, 1.807) is 24.3 Å². The predicted octanol–water partition coefficient (Wildman–Crippen LogP) is 4.13. The smallest absolute Gasteiger partial charge is 0.254 e. The van der Waals surface area contributed by atoms with E-state index in [-0.39, 0.29) is 10.8 Å². The number of aryl methyl sites for hydroxylation is 1. The number of hydrogen-bond acceptors (Lipinski definition) is 5. The SMILES string of the molecule is Cc1ccc(S(=O)(=O)CC(=O)Nc2ccc(N3CCN(C(=O)c4cccc(Br)c4)CC3)cc2)cc1. The summed E-state index contributed by atoms with van der Waals surface area (Å²) in [6.07, 6.45) is 0. The molecule has 9 heteroatoms. The molecule has 1 aliphatic heterocycles. The summed E-state index contributed by atoms with van der Waals surface area (Å²) >= 11 is 3.41. The summed E-state index contributed by atoms with van der Waals surface area (Å²) in [7, 11) is -3.71. The fourth-order valence-electron chi connectivity index (χ4n) is 3.93. The molecular formula is C26H26BrN3O4S. The minimum Gasteiger partial charge on any atom is -0.368 e. The molecule has 0 radical (unpaired) electrons. The molecule has 182 valence electrons. The van der Waals surface area contributed by atoms with Crippen LogP contribution in [0.1, 0.15) is 15.9 Å². The predicted molar refractivity (Wildman–Crippen MR) is 141 cm³/mol. The van der Waals surface area contributed by atoms with Crippen LogP contribution in [0.25, 0.3) is 0 Å². The molecule has 0 unspecified atom stereocenters. The van der Waals surface area contributed by atoms with Gasteiger partial charge < -0.3 is 15.1 Å². The Hall–Kier alpha value is -3.17. The molecule has 0 aliphatic carbocycles. The average Bonchev–Trinajstić information content (AvgIpc) is 2.84. The molecule has 1 fully saturated rings. The van der Waals surface area contributed by atoms with Gasteiger partial charge in [0.2, 0.25) is 5.91 Å². The molecule has 0 atom stereocenters. The first kappa shape index (κ1) is 24.9. The van der Waals surface area contributed by atoms with Gasteiger partial charge >= 0.3 is 0 Å². The maximum Gasteiger partial charge on any atom is 0.254 e. The van der Waals surface area contributed by atoms with Crippen LogP contribution in [0.3, 0.4) is 0 Å². The van der Waals surface area contributed by atoms with Crippen molar-refractivity contribution in [1.82, 2.24) is 4.90 Å². The summed E-state index contributed by atoms with van der Waals surface area (Å²) in [6, 6.07) is 21.1. The molecule has 1 heterocycles. The van der Waals surface area contributed by atoms with Crippen LogP contribution in [0.15, 0.2) is 82.2 Å². The minimum atomic E-state index is -3.71. The van der Waals surface area contributed by atoms with E-state index in [2.05, 4.69) is 26.1 Å². The standard InChI is InChI=1S/C26H26BrN3O4S/c1-19-5-11-24(12-6-19)35(33,34)18-25(31)28-22-7-9-23(10-8-22)29-13-15-30(16-14-29)26(32)20-3-2-4-21(27)17-20/h2-12,17H,13-16,18H2,1H3,(H,28,31). The van der Waals surface area contributed by atoms with Crippen LogP contribution in [0.5, 0.6) is 0 Å². The van der Waals surface area contributed by atoms with E-state index in [1.165, 1.54) is 12.1 Å². The summed E-state index contributed by atoms with van der Waals surface area (Å²) < 4.78 is 25.9. The number of hydrogen-bond donors (Lipinski definition) is 1. The van der Waals surface area contributed by atoms with Crippen LogP contribution in [-0.2, 0) is 14.6 Å². The Morgan fingerprint density at radius 2 is 1.57 bits per heavy atom. The van der Waals surface area contributed by atoms with Gasteiger partial charge in [-0.2, -0.15) is 0 Å². The molecule has 1 saturated heterocycles. The van der Waals surface area contributed by atoms with Gasteiger partial charge in [-0.3, -0.25) is 9.59 Å². The quantitative estimate of drug-likeness (QED) is 0.494. The lowest BCUT2D eigenvalue weighted by Gasteiger charge is -2.36. The summed E-state index contributed by atoms with van der Waals surface area (Å²) in [4.78, 5) is 29.3. The lowest BCUT2D eigenvalue weighted by atomic mass is 10.1. The Labute approximate surface area is 213 Å². The molecule has 0 bridgehead atoms. The van der Waals surface area contributed by atoms with Crippen molar-refractivity contribution in [3.63, 3.8) is 0 Å². The van der Waals surface area contributed by atoms with Gasteiger partial charge in [0.25, 0.3) is 5.91 Å². The monoisotopic (exact) mass is 555 g/mol. The van der Waals surface area contributed by atoms with Crippen LogP contribution < -0.4 is 10.2 Å². The van der Waals surface area contributed by atoms with E-state index in [0.717, 1.165) is 15.7 Å². The second kappa shape index (κ2) is 10.6. The molecule has 3 aromatic rings. The highest BCUT2D eigenvalue weighted by Gasteiger charge is 2.23. The topological polar surface area (TPSA) is 86.8 Å². The van der Waals surface area contributed by atoms with Gasteiger partial charge in [-0.25, -0.2) is 8.42 Å². The van der Waals surface area contributed by atoms with Gasteiger partial charge in [0, 0.05) is 47.6 Å². The number of piperazine rings is 1. The fourth-order valence-corrected chi connectivity index (χ4v) is 5.46. The first-order chi connectivity index (χ1) is 16.7. The van der Waals surface area contributed by atoms with Crippen molar-refractivity contribution in [1.29, 1.82) is 0 Å². The number of halogens is 1. The van der Waals surface area contributed by atoms with Gasteiger partial charge in [-0.15, -0.1) is 0 Å².